The number of pyridine rings is 1. The molecule has 0 amide bonds. The summed E-state index contributed by atoms with van der Waals surface area (Å²) in [5.41, 5.74) is 2.38. The zero-order valence-corrected chi connectivity index (χ0v) is 25.7. The summed E-state index contributed by atoms with van der Waals surface area (Å²) >= 11 is 8.32. The molecule has 4 aromatic rings. The second-order valence-electron chi connectivity index (χ2n) is 12.8. The lowest BCUT2D eigenvalue weighted by atomic mass is 9.95. The highest BCUT2D eigenvalue weighted by atomic mass is 35.5. The lowest BCUT2D eigenvalue weighted by Crippen LogP contribution is -2.41. The first-order chi connectivity index (χ1) is 21.5. The van der Waals surface area contributed by atoms with Crippen molar-refractivity contribution in [1.82, 2.24) is 30.0 Å². The fourth-order valence-corrected chi connectivity index (χ4v) is 9.32. The van der Waals surface area contributed by atoms with E-state index < -0.39 is 12.0 Å². The van der Waals surface area contributed by atoms with Crippen LogP contribution in [0.2, 0.25) is 5.02 Å². The van der Waals surface area contributed by atoms with Crippen molar-refractivity contribution in [2.24, 2.45) is 0 Å². The Kier molecular flexibility index (Phi) is 6.48. The van der Waals surface area contributed by atoms with Gasteiger partial charge >= 0.3 is 0 Å². The van der Waals surface area contributed by atoms with Gasteiger partial charge in [0.05, 0.1) is 24.4 Å². The summed E-state index contributed by atoms with van der Waals surface area (Å²) in [6.07, 6.45) is 6.19. The van der Waals surface area contributed by atoms with Gasteiger partial charge in [-0.25, -0.2) is 23.7 Å². The van der Waals surface area contributed by atoms with E-state index in [4.69, 9.17) is 36.0 Å². The Balaban J connectivity index is 1.24. The van der Waals surface area contributed by atoms with Crippen molar-refractivity contribution in [3.63, 3.8) is 0 Å². The molecule has 0 unspecified atom stereocenters. The molecule has 0 bridgehead atoms. The molecule has 0 radical (unpaired) electrons. The van der Waals surface area contributed by atoms with E-state index in [9.17, 15) is 4.39 Å². The number of rotatable bonds is 5. The normalized spacial score (nSPS) is 26.9. The van der Waals surface area contributed by atoms with Crippen molar-refractivity contribution in [3.05, 3.63) is 28.7 Å². The van der Waals surface area contributed by atoms with E-state index in [0.717, 1.165) is 55.1 Å². The zero-order valence-electron chi connectivity index (χ0n) is 24.1. The van der Waals surface area contributed by atoms with Crippen LogP contribution in [0, 0.1) is 5.82 Å². The van der Waals surface area contributed by atoms with E-state index in [1.165, 1.54) is 11.8 Å². The molecule has 9 rings (SSSR count). The monoisotopic (exact) mass is 639 g/mol. The van der Waals surface area contributed by atoms with Crippen molar-refractivity contribution in [2.45, 2.75) is 67.4 Å². The van der Waals surface area contributed by atoms with E-state index in [-0.39, 0.29) is 28.7 Å². The Hall–Kier alpha value is -2.80. The topological polar surface area (TPSA) is 92.3 Å². The number of thioether (sulfide) groups is 1. The summed E-state index contributed by atoms with van der Waals surface area (Å²) in [6, 6.07) is 1.76. The zero-order chi connectivity index (χ0) is 29.6. The Morgan fingerprint density at radius 2 is 2.07 bits per heavy atom. The molecule has 1 aliphatic carbocycles. The third-order valence-electron chi connectivity index (χ3n) is 10.0. The molecule has 3 aromatic heterocycles. The number of fused-ring (bicyclic) bond motifs is 4. The van der Waals surface area contributed by atoms with Crippen LogP contribution < -0.4 is 9.64 Å². The van der Waals surface area contributed by atoms with Gasteiger partial charge in [-0.3, -0.25) is 10.00 Å². The van der Waals surface area contributed by atoms with Crippen LogP contribution in [0.15, 0.2) is 17.4 Å². The van der Waals surface area contributed by atoms with Crippen molar-refractivity contribution in [1.29, 1.82) is 0 Å². The Labute approximate surface area is 262 Å². The van der Waals surface area contributed by atoms with Crippen LogP contribution in [0.3, 0.4) is 0 Å². The molecule has 44 heavy (non-hydrogen) atoms. The second kappa shape index (κ2) is 10.4. The highest BCUT2D eigenvalue weighted by Crippen LogP contribution is 2.51. The first-order valence-electron chi connectivity index (χ1n) is 15.6. The summed E-state index contributed by atoms with van der Waals surface area (Å²) in [5, 5.41) is 9.52. The minimum atomic E-state index is -0.820. The van der Waals surface area contributed by atoms with Gasteiger partial charge in [-0.05, 0) is 62.6 Å². The molecule has 13 heteroatoms. The van der Waals surface area contributed by atoms with E-state index in [1.807, 2.05) is 6.07 Å². The first-order valence-corrected chi connectivity index (χ1v) is 16.9. The summed E-state index contributed by atoms with van der Waals surface area (Å²) in [7, 11) is 0. The van der Waals surface area contributed by atoms with Crippen LogP contribution in [-0.2, 0) is 4.74 Å². The third-order valence-corrected chi connectivity index (χ3v) is 11.5. The SMILES string of the molecule is Fc1c(-c2c(C3CC3)c(Cl)cc3[nH]ncc23)nc2c3c(nc(SC[C@@]45CCCN4C[C@H](F)C5)nc13)N1CCCOC[C@H]1CO2. The van der Waals surface area contributed by atoms with Crippen LogP contribution >= 0.6 is 23.4 Å². The molecule has 4 aliphatic heterocycles. The van der Waals surface area contributed by atoms with Crippen LogP contribution in [0.25, 0.3) is 33.1 Å². The molecule has 3 atom stereocenters. The van der Waals surface area contributed by atoms with Gasteiger partial charge in [0.15, 0.2) is 11.0 Å². The molecule has 230 valence electrons. The largest absolute Gasteiger partial charge is 0.475 e. The van der Waals surface area contributed by atoms with Crippen molar-refractivity contribution in [3.8, 4) is 17.1 Å². The van der Waals surface area contributed by atoms with Crippen molar-refractivity contribution >= 4 is 51.0 Å². The first kappa shape index (κ1) is 27.5. The second-order valence-corrected chi connectivity index (χ2v) is 14.2. The molecule has 1 saturated carbocycles. The molecule has 9 nitrogen and oxygen atoms in total. The standard InChI is InChI=1S/C31H32ClF2N7O2S/c32-20-9-21-19(11-35-39-21)23(22(20)16-3-4-16)26-25(34)27-24-28(41-7-2-8-42-13-18(41)14-43-29(24)36-26)38-30(37-27)44-15-31-5-1-6-40(31)12-17(33)10-31/h9,11,16-18H,1-8,10,12-15H2,(H,35,39)/t17-,18+,31+/m1/s1. The molecule has 0 spiro atoms. The quantitative estimate of drug-likeness (QED) is 0.212. The molecular formula is C31H32ClF2N7O2S. The van der Waals surface area contributed by atoms with Gasteiger partial charge in [0.1, 0.15) is 35.2 Å². The summed E-state index contributed by atoms with van der Waals surface area (Å²) < 4.78 is 43.9. The maximum atomic E-state index is 17.1. The number of aromatic amines is 1. The van der Waals surface area contributed by atoms with Gasteiger partial charge in [0.25, 0.3) is 0 Å². The number of hydrogen-bond acceptors (Lipinski definition) is 9. The third kappa shape index (κ3) is 4.31. The van der Waals surface area contributed by atoms with Gasteiger partial charge in [-0.1, -0.05) is 23.4 Å². The predicted molar refractivity (Wildman–Crippen MR) is 165 cm³/mol. The summed E-state index contributed by atoms with van der Waals surface area (Å²) in [5.74, 6) is 1.29. The Morgan fingerprint density at radius 1 is 1.16 bits per heavy atom. The fourth-order valence-electron chi connectivity index (χ4n) is 7.81. The van der Waals surface area contributed by atoms with Crippen molar-refractivity contribution in [2.75, 3.05) is 50.1 Å². The van der Waals surface area contributed by atoms with Crippen LogP contribution in [-0.4, -0.2) is 93.0 Å². The van der Waals surface area contributed by atoms with Crippen LogP contribution in [0.5, 0.6) is 5.88 Å². The van der Waals surface area contributed by atoms with Gasteiger partial charge < -0.3 is 14.4 Å². The van der Waals surface area contributed by atoms with Crippen molar-refractivity contribution < 1.29 is 18.3 Å². The lowest BCUT2D eigenvalue weighted by molar-refractivity contribution is 0.119. The van der Waals surface area contributed by atoms with E-state index in [1.54, 1.807) is 6.20 Å². The van der Waals surface area contributed by atoms with Gasteiger partial charge in [-0.2, -0.15) is 5.10 Å². The smallest absolute Gasteiger partial charge is 0.227 e. The number of aromatic nitrogens is 5. The number of H-pyrrole nitrogens is 1. The lowest BCUT2D eigenvalue weighted by Gasteiger charge is -2.31. The molecule has 1 N–H and O–H groups in total. The molecule has 5 aliphatic rings. The number of anilines is 1. The molecule has 7 heterocycles. The number of halogens is 3. The molecule has 4 fully saturated rings. The molecule has 1 aromatic carbocycles. The summed E-state index contributed by atoms with van der Waals surface area (Å²) in [6.45, 7) is 3.54. The number of nitrogens with one attached hydrogen (secondary N) is 1. The number of hydrogen-bond donors (Lipinski definition) is 1. The van der Waals surface area contributed by atoms with Crippen LogP contribution in [0.1, 0.15) is 50.0 Å². The highest BCUT2D eigenvalue weighted by Gasteiger charge is 2.48. The van der Waals surface area contributed by atoms with Gasteiger partial charge in [-0.15, -0.1) is 0 Å². The van der Waals surface area contributed by atoms with E-state index in [0.29, 0.717) is 77.9 Å². The van der Waals surface area contributed by atoms with Crippen LogP contribution in [0.4, 0.5) is 14.6 Å². The van der Waals surface area contributed by atoms with Gasteiger partial charge in [0.2, 0.25) is 5.88 Å². The number of alkyl halides is 1. The van der Waals surface area contributed by atoms with E-state index in [2.05, 4.69) is 20.0 Å². The number of nitrogens with zero attached hydrogens (tertiary/aromatic N) is 6. The highest BCUT2D eigenvalue weighted by molar-refractivity contribution is 7.99. The Bertz CT molecular complexity index is 1800. The van der Waals surface area contributed by atoms with E-state index >= 15 is 4.39 Å². The predicted octanol–water partition coefficient (Wildman–Crippen LogP) is 5.89. The fraction of sp³-hybridized carbons (Fsp3) is 0.548. The van der Waals surface area contributed by atoms with Gasteiger partial charge in [0, 0.05) is 47.0 Å². The average molecular weight is 640 g/mol. The Morgan fingerprint density at radius 3 is 2.95 bits per heavy atom. The number of benzene rings is 1. The summed E-state index contributed by atoms with van der Waals surface area (Å²) in [4.78, 5) is 19.3. The minimum Gasteiger partial charge on any atom is -0.475 e. The molecular weight excluding hydrogens is 608 g/mol. The average Bonchev–Trinajstić information content (AvgIpc) is 3.62. The number of ether oxygens (including phenoxy) is 2. The molecule has 3 saturated heterocycles. The maximum absolute atomic E-state index is 17.1. The maximum Gasteiger partial charge on any atom is 0.227 e. The minimum absolute atomic E-state index is 0.103.